The number of nitrogens with zero attached hydrogens (tertiary/aromatic N) is 4. The van der Waals surface area contributed by atoms with Crippen molar-refractivity contribution in [1.82, 2.24) is 19.8 Å². The van der Waals surface area contributed by atoms with Gasteiger partial charge >= 0.3 is 5.97 Å². The van der Waals surface area contributed by atoms with Crippen LogP contribution in [0.2, 0.25) is 0 Å². The van der Waals surface area contributed by atoms with Gasteiger partial charge in [0.25, 0.3) is 0 Å². The quantitative estimate of drug-likeness (QED) is 0.650. The van der Waals surface area contributed by atoms with E-state index in [4.69, 9.17) is 4.74 Å². The number of piperidine rings is 1. The van der Waals surface area contributed by atoms with E-state index in [1.807, 2.05) is 30.1 Å². The number of likely N-dealkylation sites (tertiary alicyclic amines) is 1. The average molecular weight is 449 g/mol. The number of hydrogen-bond donors (Lipinski definition) is 0. The second-order valence-electron chi connectivity index (χ2n) is 9.71. The van der Waals surface area contributed by atoms with Gasteiger partial charge in [0.2, 0.25) is 5.91 Å². The van der Waals surface area contributed by atoms with Gasteiger partial charge < -0.3 is 14.5 Å². The SMILES string of the molecule is CN(CCN1CCCCC1)C(=O)C1CCC2(CC1)OC(=O)c1cc(-c3cncnc3)ccc12. The second-order valence-corrected chi connectivity index (χ2v) is 9.71. The fourth-order valence-electron chi connectivity index (χ4n) is 5.62. The van der Waals surface area contributed by atoms with Crippen LogP contribution < -0.4 is 0 Å². The van der Waals surface area contributed by atoms with E-state index in [-0.39, 0.29) is 17.8 Å². The molecule has 7 nitrogen and oxygen atoms in total. The third-order valence-corrected chi connectivity index (χ3v) is 7.63. The fourth-order valence-corrected chi connectivity index (χ4v) is 5.62. The predicted octanol–water partition coefficient (Wildman–Crippen LogP) is 3.64. The molecule has 0 N–H and O–H groups in total. The number of amides is 1. The van der Waals surface area contributed by atoms with Crippen LogP contribution in [0, 0.1) is 5.92 Å². The molecule has 174 valence electrons. The van der Waals surface area contributed by atoms with E-state index in [1.165, 1.54) is 25.6 Å². The van der Waals surface area contributed by atoms with Crippen LogP contribution in [-0.2, 0) is 15.1 Å². The zero-order chi connectivity index (χ0) is 22.8. The first-order valence-electron chi connectivity index (χ1n) is 12.2. The van der Waals surface area contributed by atoms with E-state index in [9.17, 15) is 9.59 Å². The third kappa shape index (κ3) is 4.38. The summed E-state index contributed by atoms with van der Waals surface area (Å²) in [6.45, 7) is 4.04. The van der Waals surface area contributed by atoms with E-state index in [1.54, 1.807) is 12.4 Å². The second kappa shape index (κ2) is 9.21. The molecule has 1 spiro atoms. The Hall–Kier alpha value is -2.80. The van der Waals surface area contributed by atoms with Gasteiger partial charge in [-0.3, -0.25) is 4.79 Å². The first kappa shape index (κ1) is 22.0. The van der Waals surface area contributed by atoms with Gasteiger partial charge in [-0.1, -0.05) is 18.6 Å². The molecule has 5 rings (SSSR count). The topological polar surface area (TPSA) is 75.6 Å². The van der Waals surface area contributed by atoms with Crippen molar-refractivity contribution in [2.24, 2.45) is 5.92 Å². The van der Waals surface area contributed by atoms with Crippen LogP contribution >= 0.6 is 0 Å². The molecule has 1 aliphatic carbocycles. The summed E-state index contributed by atoms with van der Waals surface area (Å²) in [6.07, 6.45) is 11.7. The molecule has 2 aliphatic heterocycles. The van der Waals surface area contributed by atoms with Crippen molar-refractivity contribution >= 4 is 11.9 Å². The van der Waals surface area contributed by atoms with Crippen molar-refractivity contribution in [2.75, 3.05) is 33.2 Å². The lowest BCUT2D eigenvalue weighted by molar-refractivity contribution is -0.137. The van der Waals surface area contributed by atoms with Crippen LogP contribution in [0.15, 0.2) is 36.9 Å². The highest BCUT2D eigenvalue weighted by molar-refractivity contribution is 5.96. The smallest absolute Gasteiger partial charge is 0.339 e. The molecule has 3 aliphatic rings. The van der Waals surface area contributed by atoms with Crippen molar-refractivity contribution in [1.29, 1.82) is 0 Å². The van der Waals surface area contributed by atoms with Crippen molar-refractivity contribution in [2.45, 2.75) is 50.5 Å². The van der Waals surface area contributed by atoms with E-state index in [0.717, 1.165) is 55.7 Å². The molecule has 33 heavy (non-hydrogen) atoms. The lowest BCUT2D eigenvalue weighted by Crippen LogP contribution is -2.43. The summed E-state index contributed by atoms with van der Waals surface area (Å²) in [4.78, 5) is 38.3. The molecule has 7 heteroatoms. The van der Waals surface area contributed by atoms with Crippen LogP contribution in [0.4, 0.5) is 0 Å². The number of benzene rings is 1. The maximum atomic E-state index is 13.1. The van der Waals surface area contributed by atoms with E-state index in [0.29, 0.717) is 18.4 Å². The Morgan fingerprint density at radius 3 is 2.58 bits per heavy atom. The van der Waals surface area contributed by atoms with Gasteiger partial charge in [0, 0.05) is 49.6 Å². The minimum Gasteiger partial charge on any atom is -0.451 e. The van der Waals surface area contributed by atoms with Crippen molar-refractivity contribution in [3.05, 3.63) is 48.0 Å². The van der Waals surface area contributed by atoms with Crippen LogP contribution in [0.3, 0.4) is 0 Å². The molecular weight excluding hydrogens is 416 g/mol. The first-order chi connectivity index (χ1) is 16.1. The van der Waals surface area contributed by atoms with Crippen LogP contribution in [0.1, 0.15) is 60.9 Å². The number of rotatable bonds is 5. The summed E-state index contributed by atoms with van der Waals surface area (Å²) in [5.41, 5.74) is 2.76. The number of hydrogen-bond acceptors (Lipinski definition) is 6. The molecule has 2 fully saturated rings. The zero-order valence-corrected chi connectivity index (χ0v) is 19.3. The van der Waals surface area contributed by atoms with Crippen molar-refractivity contribution in [3.63, 3.8) is 0 Å². The molecule has 0 unspecified atom stereocenters. The van der Waals surface area contributed by atoms with E-state index >= 15 is 0 Å². The third-order valence-electron chi connectivity index (χ3n) is 7.63. The Morgan fingerprint density at radius 2 is 1.85 bits per heavy atom. The molecule has 3 heterocycles. The summed E-state index contributed by atoms with van der Waals surface area (Å²) >= 11 is 0. The van der Waals surface area contributed by atoms with Crippen molar-refractivity contribution < 1.29 is 14.3 Å². The molecule has 1 saturated carbocycles. The minimum atomic E-state index is -0.596. The van der Waals surface area contributed by atoms with Crippen LogP contribution in [0.25, 0.3) is 11.1 Å². The number of carbonyl (C=O) groups is 2. The highest BCUT2D eigenvalue weighted by atomic mass is 16.6. The Bertz CT molecular complexity index is 1010. The van der Waals surface area contributed by atoms with Gasteiger partial charge in [-0.2, -0.15) is 0 Å². The number of likely N-dealkylation sites (N-methyl/N-ethyl adjacent to an activating group) is 1. The molecule has 1 amide bonds. The van der Waals surface area contributed by atoms with Gasteiger partial charge in [0.05, 0.1) is 5.56 Å². The summed E-state index contributed by atoms with van der Waals surface area (Å²) in [5.74, 6) is -0.0385. The van der Waals surface area contributed by atoms with E-state index < -0.39 is 5.60 Å². The lowest BCUT2D eigenvalue weighted by atomic mass is 9.74. The van der Waals surface area contributed by atoms with Crippen LogP contribution in [0.5, 0.6) is 0 Å². The monoisotopic (exact) mass is 448 g/mol. The Morgan fingerprint density at radius 1 is 1.12 bits per heavy atom. The van der Waals surface area contributed by atoms with E-state index in [2.05, 4.69) is 14.9 Å². The summed E-state index contributed by atoms with van der Waals surface area (Å²) in [6, 6.07) is 5.90. The molecular formula is C26H32N4O3. The molecule has 2 aromatic rings. The van der Waals surface area contributed by atoms with Gasteiger partial charge in [-0.15, -0.1) is 0 Å². The molecule has 1 saturated heterocycles. The van der Waals surface area contributed by atoms with Crippen LogP contribution in [-0.4, -0.2) is 64.9 Å². The summed E-state index contributed by atoms with van der Waals surface area (Å²) in [5, 5.41) is 0. The number of ether oxygens (including phenoxy) is 1. The maximum absolute atomic E-state index is 13.1. The van der Waals surface area contributed by atoms with Crippen molar-refractivity contribution in [3.8, 4) is 11.1 Å². The highest BCUT2D eigenvalue weighted by Crippen LogP contribution is 2.49. The molecule has 0 bridgehead atoms. The summed E-state index contributed by atoms with van der Waals surface area (Å²) < 4.78 is 5.96. The Labute approximate surface area is 195 Å². The average Bonchev–Trinajstić information content (AvgIpc) is 3.14. The Kier molecular flexibility index (Phi) is 6.15. The molecule has 1 aromatic heterocycles. The molecule has 0 radical (unpaired) electrons. The van der Waals surface area contributed by atoms with Gasteiger partial charge in [0.1, 0.15) is 11.9 Å². The largest absolute Gasteiger partial charge is 0.451 e. The normalized spacial score (nSPS) is 25.0. The first-order valence-corrected chi connectivity index (χ1v) is 12.2. The Balaban J connectivity index is 1.22. The van der Waals surface area contributed by atoms with Gasteiger partial charge in [-0.05, 0) is 63.2 Å². The number of aromatic nitrogens is 2. The predicted molar refractivity (Wildman–Crippen MR) is 124 cm³/mol. The standard InChI is InChI=1S/C26H32N4O3/c1-29(13-14-30-11-3-2-4-12-30)24(31)19-7-9-26(10-8-19)23-6-5-20(15-22(23)25(32)33-26)21-16-27-18-28-17-21/h5-6,15-19H,2-4,7-14H2,1H3. The highest BCUT2D eigenvalue weighted by Gasteiger charge is 2.48. The maximum Gasteiger partial charge on any atom is 0.339 e. The number of carbonyl (C=O) groups excluding carboxylic acids is 2. The fraction of sp³-hybridized carbons (Fsp3) is 0.538. The molecule has 1 aromatic carbocycles. The van der Waals surface area contributed by atoms with Gasteiger partial charge in [-0.25, -0.2) is 14.8 Å². The number of fused-ring (bicyclic) bond motifs is 2. The molecule has 0 atom stereocenters. The minimum absolute atomic E-state index is 0.00507. The van der Waals surface area contributed by atoms with Gasteiger partial charge in [0.15, 0.2) is 0 Å². The summed E-state index contributed by atoms with van der Waals surface area (Å²) in [7, 11) is 1.93. The zero-order valence-electron chi connectivity index (χ0n) is 19.3. The number of esters is 1. The lowest BCUT2D eigenvalue weighted by Gasteiger charge is -2.37.